The minimum Gasteiger partial charge on any atom is -0.362 e. The molecule has 39 heavy (non-hydrogen) atoms. The van der Waals surface area contributed by atoms with E-state index in [2.05, 4.69) is 80.0 Å². The van der Waals surface area contributed by atoms with Gasteiger partial charge in [0.05, 0.1) is 18.0 Å². The van der Waals surface area contributed by atoms with Crippen LogP contribution in [0.3, 0.4) is 0 Å². The van der Waals surface area contributed by atoms with Gasteiger partial charge in [0.2, 0.25) is 0 Å². The number of hydrogen-bond acceptors (Lipinski definition) is 3. The molecule has 4 rings (SSSR count). The van der Waals surface area contributed by atoms with Gasteiger partial charge in [-0.1, -0.05) is 92.6 Å². The Balaban J connectivity index is 0.00000267. The van der Waals surface area contributed by atoms with Crippen LogP contribution in [0.5, 0.6) is 0 Å². The molecule has 0 amide bonds. The summed E-state index contributed by atoms with van der Waals surface area (Å²) >= 11 is 3.59. The molecule has 0 aliphatic carbocycles. The quantitative estimate of drug-likeness (QED) is 0.143. The molecule has 0 N–H and O–H groups in total. The Morgan fingerprint density at radius 2 is 1.41 bits per heavy atom. The Bertz CT molecular complexity index is 1300. The first-order chi connectivity index (χ1) is 17.9. The number of aromatic nitrogens is 2. The standard InChI is InChI=1S/C33H35BrN2O.CH4.Pt/c1-5-24(3)22-33(37-23-25(4)6-2,31-19-11-17-29(35-31)26-13-8-7-9-14-26)32-20-12-18-30(36-32)27-15-10-16-28(34)21-27;;/h7-13,16-21,24-25H,5-6,22-23H2,1-4H3;1H4;/q-2;;+2. The minimum absolute atomic E-state index is 0. The number of hydrogen-bond donors (Lipinski definition) is 0. The van der Waals surface area contributed by atoms with Crippen molar-refractivity contribution in [1.29, 1.82) is 0 Å². The Hall–Kier alpha value is -2.13. The maximum Gasteiger partial charge on any atom is 2.00 e. The number of halogens is 1. The van der Waals surface area contributed by atoms with Gasteiger partial charge >= 0.3 is 21.1 Å². The van der Waals surface area contributed by atoms with Gasteiger partial charge in [0.15, 0.2) is 0 Å². The predicted octanol–water partition coefficient (Wildman–Crippen LogP) is 9.55. The van der Waals surface area contributed by atoms with Gasteiger partial charge in [0.25, 0.3) is 0 Å². The molecule has 208 valence electrons. The van der Waals surface area contributed by atoms with Crippen LogP contribution in [0.25, 0.3) is 22.5 Å². The van der Waals surface area contributed by atoms with Crippen molar-refractivity contribution in [3.63, 3.8) is 0 Å². The summed E-state index contributed by atoms with van der Waals surface area (Å²) in [5, 5.41) is 0. The Morgan fingerprint density at radius 3 is 1.97 bits per heavy atom. The zero-order chi connectivity index (χ0) is 26.3. The van der Waals surface area contributed by atoms with Gasteiger partial charge in [-0.25, -0.2) is 0 Å². The molecule has 4 aromatic rings. The second-order valence-electron chi connectivity index (χ2n) is 9.88. The zero-order valence-corrected chi connectivity index (χ0v) is 26.3. The first kappa shape index (κ1) is 33.1. The van der Waals surface area contributed by atoms with E-state index in [9.17, 15) is 0 Å². The van der Waals surface area contributed by atoms with Crippen molar-refractivity contribution in [2.75, 3.05) is 6.61 Å². The molecule has 0 spiro atoms. The van der Waals surface area contributed by atoms with Crippen LogP contribution >= 0.6 is 15.9 Å². The molecule has 0 saturated carbocycles. The molecule has 2 heterocycles. The Morgan fingerprint density at radius 1 is 0.795 bits per heavy atom. The van der Waals surface area contributed by atoms with Crippen LogP contribution in [0, 0.1) is 24.0 Å². The molecule has 0 radical (unpaired) electrons. The van der Waals surface area contributed by atoms with E-state index in [0.717, 1.165) is 57.6 Å². The molecular weight excluding hydrogens is 727 g/mol. The first-order valence-electron chi connectivity index (χ1n) is 13.2. The fourth-order valence-electron chi connectivity index (χ4n) is 4.34. The Kier molecular flexibility index (Phi) is 13.2. The van der Waals surface area contributed by atoms with Crippen LogP contribution in [-0.2, 0) is 31.4 Å². The molecule has 0 aliphatic heterocycles. The summed E-state index contributed by atoms with van der Waals surface area (Å²) < 4.78 is 7.98. The Labute approximate surface area is 258 Å². The average Bonchev–Trinajstić information content (AvgIpc) is 2.95. The van der Waals surface area contributed by atoms with E-state index >= 15 is 0 Å². The monoisotopic (exact) mass is 765 g/mol. The molecule has 0 aliphatic rings. The van der Waals surface area contributed by atoms with Crippen molar-refractivity contribution in [3.05, 3.63) is 107 Å². The van der Waals surface area contributed by atoms with Crippen molar-refractivity contribution in [1.82, 2.24) is 9.97 Å². The van der Waals surface area contributed by atoms with Crippen LogP contribution < -0.4 is 0 Å². The van der Waals surface area contributed by atoms with Crippen LogP contribution in [0.1, 0.15) is 65.8 Å². The van der Waals surface area contributed by atoms with Gasteiger partial charge in [-0.05, 0) is 41.8 Å². The van der Waals surface area contributed by atoms with Crippen molar-refractivity contribution in [2.45, 2.75) is 60.0 Å². The van der Waals surface area contributed by atoms with Crippen molar-refractivity contribution in [3.8, 4) is 22.5 Å². The van der Waals surface area contributed by atoms with E-state index in [1.54, 1.807) is 0 Å². The summed E-state index contributed by atoms with van der Waals surface area (Å²) in [6, 6.07) is 33.0. The third-order valence-corrected chi connectivity index (χ3v) is 7.49. The summed E-state index contributed by atoms with van der Waals surface area (Å²) in [6.45, 7) is 9.58. The number of nitrogens with zero attached hydrogens (tertiary/aromatic N) is 2. The van der Waals surface area contributed by atoms with Crippen LogP contribution in [0.15, 0.2) is 83.3 Å². The number of benzene rings is 2. The van der Waals surface area contributed by atoms with E-state index in [1.807, 2.05) is 54.6 Å². The number of ether oxygens (including phenoxy) is 1. The van der Waals surface area contributed by atoms with E-state index in [-0.39, 0.29) is 28.5 Å². The SMILES string of the molecule is C.CCC(C)COC(CC(C)CC)(c1cccc(-c2[c-]cccc2)n1)c1cccc(-c2[c-]ccc(Br)c2)n1.[Pt+2]. The average molecular weight is 767 g/mol. The molecule has 0 bridgehead atoms. The fourth-order valence-corrected chi connectivity index (χ4v) is 4.70. The first-order valence-corrected chi connectivity index (χ1v) is 14.0. The van der Waals surface area contributed by atoms with Crippen LogP contribution in [0.4, 0.5) is 0 Å². The zero-order valence-electron chi connectivity index (χ0n) is 22.5. The van der Waals surface area contributed by atoms with E-state index < -0.39 is 5.60 Å². The largest absolute Gasteiger partial charge is 2.00 e. The maximum absolute atomic E-state index is 6.98. The molecule has 5 heteroatoms. The summed E-state index contributed by atoms with van der Waals surface area (Å²) in [5.41, 5.74) is 4.64. The van der Waals surface area contributed by atoms with Crippen molar-refractivity contribution in [2.24, 2.45) is 11.8 Å². The van der Waals surface area contributed by atoms with Gasteiger partial charge in [0, 0.05) is 0 Å². The molecule has 0 saturated heterocycles. The van der Waals surface area contributed by atoms with Crippen molar-refractivity contribution >= 4 is 15.9 Å². The third-order valence-electron chi connectivity index (χ3n) is 6.99. The molecule has 2 aromatic carbocycles. The topological polar surface area (TPSA) is 35.0 Å². The van der Waals surface area contributed by atoms with Gasteiger partial charge in [-0.3, -0.25) is 9.97 Å². The van der Waals surface area contributed by atoms with E-state index in [1.165, 1.54) is 0 Å². The summed E-state index contributed by atoms with van der Waals surface area (Å²) in [4.78, 5) is 10.4. The second kappa shape index (κ2) is 15.6. The van der Waals surface area contributed by atoms with Crippen LogP contribution in [0.2, 0.25) is 0 Å². The normalized spacial score (nSPS) is 13.9. The molecule has 3 atom stereocenters. The smallest absolute Gasteiger partial charge is 0.362 e. The third kappa shape index (κ3) is 8.19. The van der Waals surface area contributed by atoms with Crippen LogP contribution in [-0.4, -0.2) is 16.6 Å². The predicted molar refractivity (Wildman–Crippen MR) is 162 cm³/mol. The molecular formula is C34H39BrN2OPt. The van der Waals surface area contributed by atoms with Gasteiger partial charge in [-0.15, -0.1) is 65.7 Å². The molecule has 3 unspecified atom stereocenters. The number of pyridine rings is 2. The van der Waals surface area contributed by atoms with E-state index in [0.29, 0.717) is 18.4 Å². The summed E-state index contributed by atoms with van der Waals surface area (Å²) in [7, 11) is 0. The van der Waals surface area contributed by atoms with Gasteiger partial charge in [-0.2, -0.15) is 0 Å². The second-order valence-corrected chi connectivity index (χ2v) is 10.8. The minimum atomic E-state index is -0.786. The summed E-state index contributed by atoms with van der Waals surface area (Å²) in [6.07, 6.45) is 2.87. The maximum atomic E-state index is 6.98. The van der Waals surface area contributed by atoms with Crippen molar-refractivity contribution < 1.29 is 25.8 Å². The molecule has 2 aromatic heterocycles. The molecule has 3 nitrogen and oxygen atoms in total. The molecule has 0 fully saturated rings. The summed E-state index contributed by atoms with van der Waals surface area (Å²) in [5.74, 6) is 0.831. The van der Waals surface area contributed by atoms with Gasteiger partial charge in [0.1, 0.15) is 5.60 Å². The fraction of sp³-hybridized carbons (Fsp3) is 0.353. The van der Waals surface area contributed by atoms with Gasteiger partial charge < -0.3 is 4.74 Å². The number of rotatable bonds is 11. The van der Waals surface area contributed by atoms with E-state index in [4.69, 9.17) is 14.7 Å².